The van der Waals surface area contributed by atoms with Crippen LogP contribution in [-0.4, -0.2) is 46.9 Å². The van der Waals surface area contributed by atoms with Crippen LogP contribution in [0.25, 0.3) is 0 Å². The highest BCUT2D eigenvalue weighted by molar-refractivity contribution is 5.97. The SMILES string of the molecule is O=C(CN1CNC2(CCC(F)(F)CC2)C1)c1ccc(Oc2cccnc2)cc1. The Balaban J connectivity index is 1.32. The Morgan fingerprint density at radius 3 is 2.54 bits per heavy atom. The largest absolute Gasteiger partial charge is 0.456 e. The molecule has 148 valence electrons. The van der Waals surface area contributed by atoms with Crippen LogP contribution in [0.1, 0.15) is 36.0 Å². The number of benzene rings is 1. The van der Waals surface area contributed by atoms with Crippen molar-refractivity contribution in [1.29, 1.82) is 0 Å². The van der Waals surface area contributed by atoms with E-state index in [0.29, 0.717) is 43.1 Å². The number of carbonyl (C=O) groups excluding carboxylic acids is 1. The third-order valence-corrected chi connectivity index (χ3v) is 5.56. The van der Waals surface area contributed by atoms with Crippen molar-refractivity contribution in [2.24, 2.45) is 0 Å². The predicted octanol–water partition coefficient (Wildman–Crippen LogP) is 3.87. The molecule has 0 amide bonds. The number of alkyl halides is 2. The van der Waals surface area contributed by atoms with E-state index in [1.807, 2.05) is 11.0 Å². The van der Waals surface area contributed by atoms with Gasteiger partial charge >= 0.3 is 0 Å². The summed E-state index contributed by atoms with van der Waals surface area (Å²) in [6, 6.07) is 10.6. The Morgan fingerprint density at radius 1 is 1.11 bits per heavy atom. The standard InChI is InChI=1S/C21H23F2N3O2/c22-21(23)9-7-20(8-10-21)14-26(15-25-20)13-19(27)16-3-5-17(6-4-16)28-18-2-1-11-24-12-18/h1-6,11-12,25H,7-10,13-15H2. The molecule has 0 unspecified atom stereocenters. The van der Waals surface area contributed by atoms with Crippen LogP contribution in [0.2, 0.25) is 0 Å². The average molecular weight is 387 g/mol. The fourth-order valence-electron chi connectivity index (χ4n) is 3.91. The minimum absolute atomic E-state index is 0.00733. The van der Waals surface area contributed by atoms with Crippen molar-refractivity contribution in [2.45, 2.75) is 37.1 Å². The zero-order valence-corrected chi connectivity index (χ0v) is 15.5. The smallest absolute Gasteiger partial charge is 0.248 e. The second-order valence-corrected chi connectivity index (χ2v) is 7.70. The third-order valence-electron chi connectivity index (χ3n) is 5.56. The summed E-state index contributed by atoms with van der Waals surface area (Å²) in [6.45, 7) is 1.46. The zero-order chi connectivity index (χ0) is 19.6. The summed E-state index contributed by atoms with van der Waals surface area (Å²) < 4.78 is 32.5. The number of hydrogen-bond donors (Lipinski definition) is 1. The highest BCUT2D eigenvalue weighted by Crippen LogP contribution is 2.40. The van der Waals surface area contributed by atoms with Crippen LogP contribution in [0.4, 0.5) is 8.78 Å². The lowest BCUT2D eigenvalue weighted by Crippen LogP contribution is -2.48. The maximum Gasteiger partial charge on any atom is 0.248 e. The van der Waals surface area contributed by atoms with Gasteiger partial charge in [0.2, 0.25) is 5.92 Å². The molecule has 7 heteroatoms. The Kier molecular flexibility index (Phi) is 5.12. The number of halogens is 2. The average Bonchev–Trinajstić information content (AvgIpc) is 3.09. The number of ether oxygens (including phenoxy) is 1. The molecule has 1 aliphatic carbocycles. The van der Waals surface area contributed by atoms with Gasteiger partial charge in [-0.2, -0.15) is 0 Å². The molecule has 2 fully saturated rings. The van der Waals surface area contributed by atoms with Crippen LogP contribution in [0.5, 0.6) is 11.5 Å². The Bertz CT molecular complexity index is 817. The van der Waals surface area contributed by atoms with E-state index in [-0.39, 0.29) is 30.7 Å². The van der Waals surface area contributed by atoms with Crippen LogP contribution >= 0.6 is 0 Å². The molecule has 1 saturated carbocycles. The molecular formula is C21H23F2N3O2. The molecular weight excluding hydrogens is 364 g/mol. The molecule has 0 atom stereocenters. The van der Waals surface area contributed by atoms with E-state index >= 15 is 0 Å². The number of aromatic nitrogens is 1. The van der Waals surface area contributed by atoms with Crippen molar-refractivity contribution >= 4 is 5.78 Å². The van der Waals surface area contributed by atoms with Gasteiger partial charge in [-0.25, -0.2) is 8.78 Å². The first-order valence-electron chi connectivity index (χ1n) is 9.50. The van der Waals surface area contributed by atoms with Gasteiger partial charge in [-0.1, -0.05) is 0 Å². The lowest BCUT2D eigenvalue weighted by Gasteiger charge is -2.37. The number of ketones is 1. The van der Waals surface area contributed by atoms with Gasteiger partial charge in [0.25, 0.3) is 0 Å². The fourth-order valence-corrected chi connectivity index (χ4v) is 3.91. The minimum Gasteiger partial charge on any atom is -0.456 e. The number of nitrogens with zero attached hydrogens (tertiary/aromatic N) is 2. The van der Waals surface area contributed by atoms with Gasteiger partial charge in [-0.3, -0.25) is 20.0 Å². The summed E-state index contributed by atoms with van der Waals surface area (Å²) in [5, 5.41) is 3.37. The van der Waals surface area contributed by atoms with Crippen LogP contribution in [0.3, 0.4) is 0 Å². The van der Waals surface area contributed by atoms with Crippen molar-refractivity contribution in [3.05, 3.63) is 54.4 Å². The molecule has 2 aromatic rings. The predicted molar refractivity (Wildman–Crippen MR) is 101 cm³/mol. The topological polar surface area (TPSA) is 54.5 Å². The zero-order valence-electron chi connectivity index (χ0n) is 15.5. The van der Waals surface area contributed by atoms with E-state index in [9.17, 15) is 13.6 Å². The maximum absolute atomic E-state index is 13.4. The van der Waals surface area contributed by atoms with E-state index < -0.39 is 5.92 Å². The summed E-state index contributed by atoms with van der Waals surface area (Å²) in [4.78, 5) is 18.6. The second kappa shape index (κ2) is 7.56. The Morgan fingerprint density at radius 2 is 1.86 bits per heavy atom. The molecule has 1 N–H and O–H groups in total. The van der Waals surface area contributed by atoms with Crippen molar-refractivity contribution in [2.75, 3.05) is 19.8 Å². The Hall–Kier alpha value is -2.38. The van der Waals surface area contributed by atoms with Crippen molar-refractivity contribution in [3.63, 3.8) is 0 Å². The molecule has 2 aliphatic rings. The summed E-state index contributed by atoms with van der Waals surface area (Å²) in [6.07, 6.45) is 4.03. The summed E-state index contributed by atoms with van der Waals surface area (Å²) >= 11 is 0. The number of pyridine rings is 1. The highest BCUT2D eigenvalue weighted by Gasteiger charge is 2.46. The summed E-state index contributed by atoms with van der Waals surface area (Å²) in [5.41, 5.74) is 0.332. The molecule has 5 nitrogen and oxygen atoms in total. The van der Waals surface area contributed by atoms with Crippen molar-refractivity contribution < 1.29 is 18.3 Å². The monoisotopic (exact) mass is 387 g/mol. The molecule has 1 aromatic heterocycles. The van der Waals surface area contributed by atoms with Gasteiger partial charge in [0.15, 0.2) is 5.78 Å². The summed E-state index contributed by atoms with van der Waals surface area (Å²) in [5.74, 6) is -1.27. The van der Waals surface area contributed by atoms with Crippen LogP contribution < -0.4 is 10.1 Å². The molecule has 1 aromatic carbocycles. The molecule has 1 spiro atoms. The molecule has 1 saturated heterocycles. The van der Waals surface area contributed by atoms with E-state index in [2.05, 4.69) is 10.3 Å². The van der Waals surface area contributed by atoms with E-state index in [4.69, 9.17) is 4.74 Å². The maximum atomic E-state index is 13.4. The molecule has 0 radical (unpaired) electrons. The number of Topliss-reactive ketones (excluding diaryl/α,β-unsaturated/α-hetero) is 1. The van der Waals surface area contributed by atoms with Crippen molar-refractivity contribution in [1.82, 2.24) is 15.2 Å². The normalized spacial score (nSPS) is 20.9. The van der Waals surface area contributed by atoms with Crippen molar-refractivity contribution in [3.8, 4) is 11.5 Å². The van der Waals surface area contributed by atoms with Gasteiger partial charge in [-0.15, -0.1) is 0 Å². The fraction of sp³-hybridized carbons (Fsp3) is 0.429. The second-order valence-electron chi connectivity index (χ2n) is 7.70. The van der Waals surface area contributed by atoms with Gasteiger partial charge in [-0.05, 0) is 49.2 Å². The quantitative estimate of drug-likeness (QED) is 0.790. The number of hydrogen-bond acceptors (Lipinski definition) is 5. The molecule has 2 heterocycles. The van der Waals surface area contributed by atoms with Gasteiger partial charge < -0.3 is 4.74 Å². The number of nitrogens with one attached hydrogen (secondary N) is 1. The highest BCUT2D eigenvalue weighted by atomic mass is 19.3. The van der Waals surface area contributed by atoms with E-state index in [1.54, 1.807) is 42.7 Å². The molecule has 28 heavy (non-hydrogen) atoms. The van der Waals surface area contributed by atoms with Gasteiger partial charge in [0.05, 0.1) is 12.7 Å². The molecule has 0 bridgehead atoms. The van der Waals surface area contributed by atoms with Gasteiger partial charge in [0, 0.05) is 43.4 Å². The lowest BCUT2D eigenvalue weighted by molar-refractivity contribution is -0.0524. The molecule has 1 aliphatic heterocycles. The minimum atomic E-state index is -2.55. The van der Waals surface area contributed by atoms with Crippen LogP contribution in [0.15, 0.2) is 48.8 Å². The number of carbonyl (C=O) groups is 1. The van der Waals surface area contributed by atoms with Crippen LogP contribution in [-0.2, 0) is 0 Å². The van der Waals surface area contributed by atoms with Crippen LogP contribution in [0, 0.1) is 0 Å². The molecule has 4 rings (SSSR count). The first-order chi connectivity index (χ1) is 13.4. The third kappa shape index (κ3) is 4.36. The summed E-state index contributed by atoms with van der Waals surface area (Å²) in [7, 11) is 0. The first kappa shape index (κ1) is 19.0. The van der Waals surface area contributed by atoms with E-state index in [1.165, 1.54) is 0 Å². The first-order valence-corrected chi connectivity index (χ1v) is 9.50. The number of rotatable bonds is 5. The van der Waals surface area contributed by atoms with E-state index in [0.717, 1.165) is 0 Å². The lowest BCUT2D eigenvalue weighted by atomic mass is 9.80. The Labute approximate surface area is 162 Å². The van der Waals surface area contributed by atoms with Gasteiger partial charge in [0.1, 0.15) is 11.5 Å².